The summed E-state index contributed by atoms with van der Waals surface area (Å²) < 4.78 is 7.24. The van der Waals surface area contributed by atoms with Gasteiger partial charge in [0.25, 0.3) is 0 Å². The zero-order valence-electron chi connectivity index (χ0n) is 11.6. The van der Waals surface area contributed by atoms with Crippen molar-refractivity contribution in [3.63, 3.8) is 0 Å². The van der Waals surface area contributed by atoms with Crippen molar-refractivity contribution in [1.29, 1.82) is 0 Å². The van der Waals surface area contributed by atoms with Crippen LogP contribution in [0.5, 0.6) is 5.75 Å². The second-order valence-electron chi connectivity index (χ2n) is 4.69. The van der Waals surface area contributed by atoms with Gasteiger partial charge in [-0.2, -0.15) is 0 Å². The highest BCUT2D eigenvalue weighted by atomic mass is 35.5. The zero-order chi connectivity index (χ0) is 14.0. The van der Waals surface area contributed by atoms with Crippen molar-refractivity contribution in [2.45, 2.75) is 26.8 Å². The monoisotopic (exact) mass is 279 g/mol. The van der Waals surface area contributed by atoms with E-state index in [2.05, 4.69) is 24.1 Å². The molecule has 0 amide bonds. The summed E-state index contributed by atoms with van der Waals surface area (Å²) in [5, 5.41) is 3.92. The first-order valence-corrected chi connectivity index (χ1v) is 6.55. The lowest BCUT2D eigenvalue weighted by Crippen LogP contribution is -2.13. The van der Waals surface area contributed by atoms with Crippen LogP contribution < -0.4 is 10.1 Å². The third-order valence-electron chi connectivity index (χ3n) is 2.66. The zero-order valence-corrected chi connectivity index (χ0v) is 12.3. The highest BCUT2D eigenvalue weighted by Crippen LogP contribution is 2.28. The molecule has 0 spiro atoms. The number of hydrogen-bond donors (Lipinski definition) is 1. The van der Waals surface area contributed by atoms with E-state index in [0.717, 1.165) is 17.3 Å². The van der Waals surface area contributed by atoms with E-state index in [1.54, 1.807) is 7.11 Å². The van der Waals surface area contributed by atoms with Gasteiger partial charge in [-0.1, -0.05) is 11.6 Å². The molecule has 0 saturated heterocycles. The van der Waals surface area contributed by atoms with Crippen molar-refractivity contribution in [2.75, 3.05) is 12.4 Å². The second-order valence-corrected chi connectivity index (χ2v) is 5.10. The Hall–Kier alpha value is -1.68. The molecule has 1 heterocycles. The Morgan fingerprint density at radius 2 is 2.11 bits per heavy atom. The average molecular weight is 280 g/mol. The lowest BCUT2D eigenvalue weighted by molar-refractivity contribution is 0.415. The molecular weight excluding hydrogens is 262 g/mol. The van der Waals surface area contributed by atoms with E-state index in [9.17, 15) is 0 Å². The molecule has 2 aromatic rings. The van der Waals surface area contributed by atoms with Crippen LogP contribution in [0.1, 0.15) is 19.5 Å². The van der Waals surface area contributed by atoms with Gasteiger partial charge in [0.15, 0.2) is 0 Å². The van der Waals surface area contributed by atoms with Gasteiger partial charge < -0.3 is 10.1 Å². The number of methoxy groups -OCH3 is 1. The first kappa shape index (κ1) is 13.7. The van der Waals surface area contributed by atoms with Crippen LogP contribution in [0.3, 0.4) is 0 Å². The Balaban J connectivity index is 2.46. The summed E-state index contributed by atoms with van der Waals surface area (Å²) in [7, 11) is 1.61. The maximum Gasteiger partial charge on any atom is 0.207 e. The summed E-state index contributed by atoms with van der Waals surface area (Å²) in [5.41, 5.74) is 1.92. The van der Waals surface area contributed by atoms with Crippen molar-refractivity contribution in [3.8, 4) is 11.4 Å². The summed E-state index contributed by atoms with van der Waals surface area (Å²) in [6, 6.07) is 5.98. The number of ether oxygens (including phenoxy) is 1. The van der Waals surface area contributed by atoms with Gasteiger partial charge in [0, 0.05) is 18.3 Å². The van der Waals surface area contributed by atoms with Crippen molar-refractivity contribution in [1.82, 2.24) is 9.55 Å². The van der Waals surface area contributed by atoms with Crippen LogP contribution in [0.2, 0.25) is 5.02 Å². The van der Waals surface area contributed by atoms with Crippen molar-refractivity contribution >= 4 is 17.5 Å². The van der Waals surface area contributed by atoms with Gasteiger partial charge in [-0.3, -0.25) is 4.57 Å². The minimum Gasteiger partial charge on any atom is -0.495 e. The number of aryl methyl sites for hydroxylation is 1. The molecule has 0 unspecified atom stereocenters. The molecule has 0 bridgehead atoms. The van der Waals surface area contributed by atoms with Gasteiger partial charge in [-0.05, 0) is 32.9 Å². The first-order chi connectivity index (χ1) is 9.01. The van der Waals surface area contributed by atoms with Crippen LogP contribution in [0, 0.1) is 6.92 Å². The molecule has 2 rings (SSSR count). The van der Waals surface area contributed by atoms with Crippen LogP contribution in [0.4, 0.5) is 5.95 Å². The van der Waals surface area contributed by atoms with E-state index in [0.29, 0.717) is 16.8 Å². The number of halogens is 1. The lowest BCUT2D eigenvalue weighted by atomic mass is 10.3. The molecule has 0 atom stereocenters. The Labute approximate surface area is 118 Å². The molecule has 0 aliphatic carbocycles. The molecular formula is C14H18ClN3O. The molecule has 0 saturated carbocycles. The number of nitrogens with one attached hydrogen (secondary N) is 1. The summed E-state index contributed by atoms with van der Waals surface area (Å²) in [5.74, 6) is 1.47. The SMILES string of the molecule is COc1cc(-n2cc(C)nc2NC(C)C)ccc1Cl. The van der Waals surface area contributed by atoms with E-state index in [4.69, 9.17) is 16.3 Å². The van der Waals surface area contributed by atoms with Gasteiger partial charge in [0.1, 0.15) is 5.75 Å². The molecule has 102 valence electrons. The van der Waals surface area contributed by atoms with Crippen molar-refractivity contribution in [2.24, 2.45) is 0 Å². The number of nitrogens with zero attached hydrogens (tertiary/aromatic N) is 2. The maximum atomic E-state index is 6.05. The first-order valence-electron chi connectivity index (χ1n) is 6.17. The van der Waals surface area contributed by atoms with Gasteiger partial charge >= 0.3 is 0 Å². The predicted octanol–water partition coefficient (Wildman–Crippen LogP) is 3.66. The number of anilines is 1. The minimum absolute atomic E-state index is 0.315. The van der Waals surface area contributed by atoms with Gasteiger partial charge in [-0.15, -0.1) is 0 Å². The van der Waals surface area contributed by atoms with Crippen LogP contribution in [0.15, 0.2) is 24.4 Å². The molecule has 5 heteroatoms. The number of imidazole rings is 1. The molecule has 1 aromatic heterocycles. The number of rotatable bonds is 4. The largest absolute Gasteiger partial charge is 0.495 e. The fraction of sp³-hybridized carbons (Fsp3) is 0.357. The summed E-state index contributed by atoms with van der Waals surface area (Å²) in [4.78, 5) is 4.48. The maximum absolute atomic E-state index is 6.05. The molecule has 19 heavy (non-hydrogen) atoms. The standard InChI is InChI=1S/C14H18ClN3O/c1-9(2)16-14-17-10(3)8-18(14)11-5-6-12(15)13(7-11)19-4/h5-9H,1-4H3,(H,16,17). The highest BCUT2D eigenvalue weighted by Gasteiger charge is 2.10. The summed E-state index contributed by atoms with van der Waals surface area (Å²) in [6.07, 6.45) is 1.98. The van der Waals surface area contributed by atoms with Crippen LogP contribution in [0.25, 0.3) is 5.69 Å². The highest BCUT2D eigenvalue weighted by molar-refractivity contribution is 6.32. The molecule has 4 nitrogen and oxygen atoms in total. The quantitative estimate of drug-likeness (QED) is 0.928. The topological polar surface area (TPSA) is 39.1 Å². The Bertz CT molecular complexity index is 578. The fourth-order valence-electron chi connectivity index (χ4n) is 1.85. The van der Waals surface area contributed by atoms with E-state index in [1.165, 1.54) is 0 Å². The summed E-state index contributed by atoms with van der Waals surface area (Å²) in [6.45, 7) is 6.13. The van der Waals surface area contributed by atoms with E-state index in [-0.39, 0.29) is 0 Å². The summed E-state index contributed by atoms with van der Waals surface area (Å²) >= 11 is 6.05. The average Bonchev–Trinajstić information content (AvgIpc) is 2.70. The number of benzene rings is 1. The number of aromatic nitrogens is 2. The van der Waals surface area contributed by atoms with Gasteiger partial charge in [0.05, 0.1) is 23.5 Å². The smallest absolute Gasteiger partial charge is 0.207 e. The number of hydrogen-bond acceptors (Lipinski definition) is 3. The van der Waals surface area contributed by atoms with Crippen LogP contribution >= 0.6 is 11.6 Å². The molecule has 0 aliphatic rings. The fourth-order valence-corrected chi connectivity index (χ4v) is 2.05. The normalized spacial score (nSPS) is 10.8. The third-order valence-corrected chi connectivity index (χ3v) is 2.97. The van der Waals surface area contributed by atoms with Crippen molar-refractivity contribution in [3.05, 3.63) is 35.1 Å². The van der Waals surface area contributed by atoms with E-state index < -0.39 is 0 Å². The van der Waals surface area contributed by atoms with Crippen LogP contribution in [-0.4, -0.2) is 22.7 Å². The molecule has 0 aliphatic heterocycles. The predicted molar refractivity (Wildman–Crippen MR) is 78.6 cm³/mol. The minimum atomic E-state index is 0.315. The van der Waals surface area contributed by atoms with Crippen molar-refractivity contribution < 1.29 is 4.74 Å². The molecule has 0 fully saturated rings. The van der Waals surface area contributed by atoms with Gasteiger partial charge in [0.2, 0.25) is 5.95 Å². The molecule has 1 N–H and O–H groups in total. The molecule has 0 radical (unpaired) electrons. The van der Waals surface area contributed by atoms with E-state index in [1.807, 2.05) is 35.9 Å². The van der Waals surface area contributed by atoms with E-state index >= 15 is 0 Å². The Kier molecular flexibility index (Phi) is 4.00. The van der Waals surface area contributed by atoms with Gasteiger partial charge in [-0.25, -0.2) is 4.98 Å². The lowest BCUT2D eigenvalue weighted by Gasteiger charge is -2.13. The van der Waals surface area contributed by atoms with Crippen LogP contribution in [-0.2, 0) is 0 Å². The molecule has 1 aromatic carbocycles. The third kappa shape index (κ3) is 3.01. The Morgan fingerprint density at radius 3 is 2.74 bits per heavy atom. The second kappa shape index (κ2) is 5.53. The Morgan fingerprint density at radius 1 is 1.37 bits per heavy atom.